The SMILES string of the molecule is C1CCNSNCC1. The van der Waals surface area contributed by atoms with Crippen LogP contribution in [-0.4, -0.2) is 13.1 Å². The third kappa shape index (κ3) is 2.55. The van der Waals surface area contributed by atoms with Crippen LogP contribution in [0.2, 0.25) is 0 Å². The van der Waals surface area contributed by atoms with E-state index < -0.39 is 0 Å². The van der Waals surface area contributed by atoms with Gasteiger partial charge in [0, 0.05) is 25.2 Å². The van der Waals surface area contributed by atoms with E-state index in [0.717, 1.165) is 13.1 Å². The van der Waals surface area contributed by atoms with Crippen LogP contribution in [-0.2, 0) is 0 Å². The van der Waals surface area contributed by atoms with E-state index in [1.165, 1.54) is 19.3 Å². The fourth-order valence-corrected chi connectivity index (χ4v) is 1.32. The van der Waals surface area contributed by atoms with Crippen LogP contribution in [0.3, 0.4) is 0 Å². The van der Waals surface area contributed by atoms with E-state index >= 15 is 0 Å². The van der Waals surface area contributed by atoms with Gasteiger partial charge >= 0.3 is 0 Å². The average molecular weight is 132 g/mol. The predicted octanol–water partition coefficient (Wildman–Crippen LogP) is 0.913. The molecule has 0 aliphatic carbocycles. The lowest BCUT2D eigenvalue weighted by atomic mass is 10.2. The summed E-state index contributed by atoms with van der Waals surface area (Å²) in [7, 11) is 0. The van der Waals surface area contributed by atoms with Gasteiger partial charge in [-0.3, -0.25) is 9.44 Å². The van der Waals surface area contributed by atoms with Crippen LogP contribution in [0.25, 0.3) is 0 Å². The Kier molecular flexibility index (Phi) is 3.34. The van der Waals surface area contributed by atoms with Gasteiger partial charge in [0.1, 0.15) is 0 Å². The van der Waals surface area contributed by atoms with Crippen molar-refractivity contribution >= 4 is 12.1 Å². The van der Waals surface area contributed by atoms with Crippen LogP contribution in [0.1, 0.15) is 19.3 Å². The molecule has 0 atom stereocenters. The van der Waals surface area contributed by atoms with Crippen LogP contribution >= 0.6 is 12.1 Å². The lowest BCUT2D eigenvalue weighted by Gasteiger charge is -2.08. The molecule has 3 heteroatoms. The van der Waals surface area contributed by atoms with Crippen molar-refractivity contribution in [3.63, 3.8) is 0 Å². The van der Waals surface area contributed by atoms with E-state index in [2.05, 4.69) is 9.44 Å². The highest BCUT2D eigenvalue weighted by atomic mass is 32.2. The first-order valence-corrected chi connectivity index (χ1v) is 3.93. The number of rotatable bonds is 0. The second-order valence-corrected chi connectivity index (χ2v) is 2.73. The van der Waals surface area contributed by atoms with Gasteiger partial charge < -0.3 is 0 Å². The standard InChI is InChI=1S/C5H12N2S/c1-2-4-6-8-7-5-3-1/h6-7H,1-5H2. The summed E-state index contributed by atoms with van der Waals surface area (Å²) >= 11 is 1.63. The summed E-state index contributed by atoms with van der Waals surface area (Å²) in [6.07, 6.45) is 4.02. The maximum absolute atomic E-state index is 3.19. The summed E-state index contributed by atoms with van der Waals surface area (Å²) in [5, 5.41) is 0. The molecule has 0 amide bonds. The molecule has 0 saturated carbocycles. The molecular weight excluding hydrogens is 120 g/mol. The van der Waals surface area contributed by atoms with Crippen molar-refractivity contribution < 1.29 is 0 Å². The van der Waals surface area contributed by atoms with Crippen molar-refractivity contribution in [1.82, 2.24) is 9.44 Å². The third-order valence-electron chi connectivity index (χ3n) is 1.20. The van der Waals surface area contributed by atoms with E-state index in [1.54, 1.807) is 12.1 Å². The summed E-state index contributed by atoms with van der Waals surface area (Å²) in [6, 6.07) is 0. The quantitative estimate of drug-likeness (QED) is 0.479. The largest absolute Gasteiger partial charge is 0.251 e. The monoisotopic (exact) mass is 132 g/mol. The molecule has 0 spiro atoms. The van der Waals surface area contributed by atoms with Crippen LogP contribution in [0.4, 0.5) is 0 Å². The van der Waals surface area contributed by atoms with Gasteiger partial charge in [-0.25, -0.2) is 0 Å². The fourth-order valence-electron chi connectivity index (χ4n) is 0.724. The Bertz CT molecular complexity index is 34.4. The number of hydrogen-bond donors (Lipinski definition) is 2. The Morgan fingerprint density at radius 2 is 1.50 bits per heavy atom. The van der Waals surface area contributed by atoms with Crippen molar-refractivity contribution in [2.24, 2.45) is 0 Å². The van der Waals surface area contributed by atoms with Crippen LogP contribution in [0.5, 0.6) is 0 Å². The molecule has 1 heterocycles. The lowest BCUT2D eigenvalue weighted by molar-refractivity contribution is 0.651. The first-order chi connectivity index (χ1) is 4.00. The Balaban J connectivity index is 2.00. The van der Waals surface area contributed by atoms with Crippen molar-refractivity contribution in [2.75, 3.05) is 13.1 Å². The van der Waals surface area contributed by atoms with Crippen LogP contribution in [0, 0.1) is 0 Å². The molecule has 0 aromatic rings. The van der Waals surface area contributed by atoms with E-state index in [0.29, 0.717) is 0 Å². The van der Waals surface area contributed by atoms with Crippen LogP contribution < -0.4 is 9.44 Å². The highest BCUT2D eigenvalue weighted by Crippen LogP contribution is 1.98. The lowest BCUT2D eigenvalue weighted by Crippen LogP contribution is -2.18. The Labute approximate surface area is 54.7 Å². The minimum Gasteiger partial charge on any atom is -0.251 e. The summed E-state index contributed by atoms with van der Waals surface area (Å²) in [5.74, 6) is 0. The molecule has 0 aromatic heterocycles. The highest BCUT2D eigenvalue weighted by Gasteiger charge is 1.93. The zero-order chi connectivity index (χ0) is 5.66. The summed E-state index contributed by atoms with van der Waals surface area (Å²) in [4.78, 5) is 0. The summed E-state index contributed by atoms with van der Waals surface area (Å²) < 4.78 is 6.39. The van der Waals surface area contributed by atoms with Crippen molar-refractivity contribution in [3.8, 4) is 0 Å². The maximum Gasteiger partial charge on any atom is 0.00705 e. The van der Waals surface area contributed by atoms with Crippen molar-refractivity contribution in [1.29, 1.82) is 0 Å². The molecule has 0 bridgehead atoms. The first-order valence-electron chi connectivity index (χ1n) is 3.12. The van der Waals surface area contributed by atoms with Gasteiger partial charge in [0.05, 0.1) is 0 Å². The molecule has 8 heavy (non-hydrogen) atoms. The van der Waals surface area contributed by atoms with E-state index in [4.69, 9.17) is 0 Å². The molecule has 1 aliphatic heterocycles. The minimum absolute atomic E-state index is 1.15. The van der Waals surface area contributed by atoms with Gasteiger partial charge in [-0.2, -0.15) is 0 Å². The summed E-state index contributed by atoms with van der Waals surface area (Å²) in [5.41, 5.74) is 0. The number of hydrogen-bond acceptors (Lipinski definition) is 3. The average Bonchev–Trinajstić information content (AvgIpc) is 1.62. The predicted molar refractivity (Wildman–Crippen MR) is 37.4 cm³/mol. The molecule has 48 valence electrons. The molecule has 1 saturated heterocycles. The molecule has 1 fully saturated rings. The molecule has 0 aromatic carbocycles. The second-order valence-electron chi connectivity index (χ2n) is 1.95. The van der Waals surface area contributed by atoms with Gasteiger partial charge in [0.15, 0.2) is 0 Å². The Morgan fingerprint density at radius 1 is 0.875 bits per heavy atom. The summed E-state index contributed by atoms with van der Waals surface area (Å²) in [6.45, 7) is 2.30. The smallest absolute Gasteiger partial charge is 0.00705 e. The maximum atomic E-state index is 3.19. The first kappa shape index (κ1) is 6.39. The Morgan fingerprint density at radius 3 is 2.12 bits per heavy atom. The zero-order valence-corrected chi connectivity index (χ0v) is 5.76. The Hall–Kier alpha value is 0.270. The van der Waals surface area contributed by atoms with Gasteiger partial charge in [-0.1, -0.05) is 6.42 Å². The van der Waals surface area contributed by atoms with Gasteiger partial charge in [0.2, 0.25) is 0 Å². The van der Waals surface area contributed by atoms with Crippen molar-refractivity contribution in [3.05, 3.63) is 0 Å². The molecule has 0 radical (unpaired) electrons. The van der Waals surface area contributed by atoms with Gasteiger partial charge in [-0.05, 0) is 12.8 Å². The van der Waals surface area contributed by atoms with Crippen molar-refractivity contribution in [2.45, 2.75) is 19.3 Å². The highest BCUT2D eigenvalue weighted by molar-refractivity contribution is 7.95. The molecule has 1 aliphatic rings. The van der Waals surface area contributed by atoms with E-state index in [9.17, 15) is 0 Å². The molecule has 1 rings (SSSR count). The normalized spacial score (nSPS) is 24.0. The van der Waals surface area contributed by atoms with Gasteiger partial charge in [-0.15, -0.1) is 0 Å². The fraction of sp³-hybridized carbons (Fsp3) is 1.00. The molecule has 0 unspecified atom stereocenters. The van der Waals surface area contributed by atoms with Gasteiger partial charge in [0.25, 0.3) is 0 Å². The second kappa shape index (κ2) is 4.18. The zero-order valence-electron chi connectivity index (χ0n) is 4.94. The van der Waals surface area contributed by atoms with E-state index in [1.807, 2.05) is 0 Å². The third-order valence-corrected chi connectivity index (χ3v) is 1.90. The minimum atomic E-state index is 1.15. The molecule has 2 N–H and O–H groups in total. The molecule has 2 nitrogen and oxygen atoms in total. The number of nitrogens with one attached hydrogen (secondary N) is 2. The topological polar surface area (TPSA) is 24.1 Å². The van der Waals surface area contributed by atoms with Crippen LogP contribution in [0.15, 0.2) is 0 Å². The van der Waals surface area contributed by atoms with E-state index in [-0.39, 0.29) is 0 Å². The molecular formula is C5H12N2S.